The van der Waals surface area contributed by atoms with Crippen molar-refractivity contribution in [2.24, 2.45) is 5.92 Å². The lowest BCUT2D eigenvalue weighted by molar-refractivity contribution is -0.140. The van der Waals surface area contributed by atoms with E-state index in [9.17, 15) is 19.5 Å². The third-order valence-electron chi connectivity index (χ3n) is 6.74. The SMILES string of the molecule is COC(=O)C[C@@H](c1cccs1)c1oc(CN2C[C@@H]3C[C@H](C2)c2cccc(=O)n2C3)cc(=O)c1O. The quantitative estimate of drug-likeness (QED) is 0.539. The summed E-state index contributed by atoms with van der Waals surface area (Å²) in [4.78, 5) is 40.0. The summed E-state index contributed by atoms with van der Waals surface area (Å²) in [5.41, 5.74) is 0.564. The predicted octanol–water partition coefficient (Wildman–Crippen LogP) is 2.88. The van der Waals surface area contributed by atoms with Crippen LogP contribution in [0.15, 0.2) is 55.8 Å². The maximum absolute atomic E-state index is 12.6. The number of esters is 1. The molecule has 2 bridgehead atoms. The summed E-state index contributed by atoms with van der Waals surface area (Å²) in [7, 11) is 1.31. The molecule has 0 aromatic carbocycles. The zero-order chi connectivity index (χ0) is 23.8. The maximum atomic E-state index is 12.6. The fourth-order valence-electron chi connectivity index (χ4n) is 5.28. The van der Waals surface area contributed by atoms with E-state index in [1.807, 2.05) is 34.2 Å². The minimum Gasteiger partial charge on any atom is -0.502 e. The second-order valence-electron chi connectivity index (χ2n) is 9.03. The van der Waals surface area contributed by atoms with E-state index in [1.54, 1.807) is 6.07 Å². The number of aromatic nitrogens is 1. The first-order valence-corrected chi connectivity index (χ1v) is 12.2. The van der Waals surface area contributed by atoms with Crippen molar-refractivity contribution >= 4 is 17.3 Å². The molecule has 1 saturated heterocycles. The zero-order valence-electron chi connectivity index (χ0n) is 18.8. The number of aromatic hydroxyl groups is 1. The van der Waals surface area contributed by atoms with Gasteiger partial charge in [0.05, 0.1) is 26.0 Å². The van der Waals surface area contributed by atoms with Crippen molar-refractivity contribution in [2.75, 3.05) is 20.2 Å². The Morgan fingerprint density at radius 1 is 1.24 bits per heavy atom. The number of likely N-dealkylation sites (tertiary alicyclic amines) is 1. The molecule has 0 saturated carbocycles. The Labute approximate surface area is 200 Å². The predicted molar refractivity (Wildman–Crippen MR) is 126 cm³/mol. The third-order valence-corrected chi connectivity index (χ3v) is 7.72. The van der Waals surface area contributed by atoms with Gasteiger partial charge >= 0.3 is 5.97 Å². The molecule has 2 aliphatic heterocycles. The molecule has 1 N–H and O–H groups in total. The average Bonchev–Trinajstić information content (AvgIpc) is 3.35. The minimum atomic E-state index is -0.611. The van der Waals surface area contributed by atoms with E-state index in [1.165, 1.54) is 24.5 Å². The van der Waals surface area contributed by atoms with E-state index in [0.29, 0.717) is 24.8 Å². The standard InChI is InChI=1S/C25H26N2O6S/c1-32-23(30)10-18(21-5-3-7-34-21)25-24(31)20(28)9-17(33-25)14-26-11-15-8-16(13-26)19-4-2-6-22(29)27(19)12-15/h2-7,9,15-16,18,31H,8,10-14H2,1H3/t15-,16+,18-/m0/s1. The Morgan fingerprint density at radius 3 is 2.85 bits per heavy atom. The molecule has 0 aliphatic carbocycles. The van der Waals surface area contributed by atoms with Gasteiger partial charge in [0, 0.05) is 48.3 Å². The van der Waals surface area contributed by atoms with Gasteiger partial charge in [0.2, 0.25) is 11.2 Å². The lowest BCUT2D eigenvalue weighted by atomic mass is 9.83. The van der Waals surface area contributed by atoms with Crippen LogP contribution in [0.3, 0.4) is 0 Å². The van der Waals surface area contributed by atoms with Crippen molar-refractivity contribution in [1.29, 1.82) is 0 Å². The van der Waals surface area contributed by atoms with Gasteiger partial charge in [-0.25, -0.2) is 0 Å². The largest absolute Gasteiger partial charge is 0.502 e. The molecule has 0 amide bonds. The molecular weight excluding hydrogens is 456 g/mol. The summed E-state index contributed by atoms with van der Waals surface area (Å²) in [6.45, 7) is 2.62. The van der Waals surface area contributed by atoms with Crippen LogP contribution < -0.4 is 11.0 Å². The van der Waals surface area contributed by atoms with Crippen molar-refractivity contribution in [3.63, 3.8) is 0 Å². The Balaban J connectivity index is 1.43. The summed E-state index contributed by atoms with van der Waals surface area (Å²) in [5.74, 6) is -0.437. The van der Waals surface area contributed by atoms with Crippen LogP contribution in [0.4, 0.5) is 0 Å². The van der Waals surface area contributed by atoms with Gasteiger partial charge in [0.25, 0.3) is 5.56 Å². The van der Waals surface area contributed by atoms with Gasteiger partial charge in [-0.15, -0.1) is 11.3 Å². The molecule has 2 aliphatic rings. The summed E-state index contributed by atoms with van der Waals surface area (Å²) in [6, 6.07) is 10.4. The summed E-state index contributed by atoms with van der Waals surface area (Å²) < 4.78 is 12.8. The smallest absolute Gasteiger partial charge is 0.306 e. The second-order valence-corrected chi connectivity index (χ2v) is 10.0. The van der Waals surface area contributed by atoms with E-state index in [0.717, 1.165) is 30.1 Å². The van der Waals surface area contributed by atoms with Gasteiger partial charge in [-0.05, 0) is 29.9 Å². The van der Waals surface area contributed by atoms with E-state index >= 15 is 0 Å². The van der Waals surface area contributed by atoms with E-state index in [-0.39, 0.29) is 23.7 Å². The summed E-state index contributed by atoms with van der Waals surface area (Å²) in [5, 5.41) is 12.4. The van der Waals surface area contributed by atoms with Crippen LogP contribution in [-0.4, -0.2) is 40.7 Å². The van der Waals surface area contributed by atoms with Crippen molar-refractivity contribution in [3.8, 4) is 5.75 Å². The highest BCUT2D eigenvalue weighted by molar-refractivity contribution is 7.10. The summed E-state index contributed by atoms with van der Waals surface area (Å²) >= 11 is 1.42. The number of fused-ring (bicyclic) bond motifs is 4. The van der Waals surface area contributed by atoms with E-state index in [2.05, 4.69) is 4.90 Å². The Kier molecular flexibility index (Phi) is 6.14. The minimum absolute atomic E-state index is 0.0417. The van der Waals surface area contributed by atoms with Crippen LogP contribution in [0.5, 0.6) is 5.75 Å². The highest BCUT2D eigenvalue weighted by Crippen LogP contribution is 2.37. The first-order valence-electron chi connectivity index (χ1n) is 11.3. The number of hydrogen-bond acceptors (Lipinski definition) is 8. The molecule has 9 heteroatoms. The molecule has 1 fully saturated rings. The molecule has 3 aromatic rings. The molecule has 3 atom stereocenters. The number of ether oxygens (including phenoxy) is 1. The van der Waals surface area contributed by atoms with Crippen molar-refractivity contribution in [2.45, 2.75) is 37.8 Å². The van der Waals surface area contributed by atoms with Gasteiger partial charge in [-0.2, -0.15) is 0 Å². The van der Waals surface area contributed by atoms with Crippen LogP contribution in [0.1, 0.15) is 46.8 Å². The number of thiophene rings is 1. The third kappa shape index (κ3) is 4.33. The molecule has 5 rings (SSSR count). The molecule has 0 radical (unpaired) electrons. The van der Waals surface area contributed by atoms with E-state index < -0.39 is 23.1 Å². The van der Waals surface area contributed by atoms with E-state index in [4.69, 9.17) is 9.15 Å². The van der Waals surface area contributed by atoms with Crippen molar-refractivity contribution < 1.29 is 19.1 Å². The highest BCUT2D eigenvalue weighted by atomic mass is 32.1. The normalized spacial score (nSPS) is 20.5. The highest BCUT2D eigenvalue weighted by Gasteiger charge is 2.35. The molecular formula is C25H26N2O6S. The molecule has 8 nitrogen and oxygen atoms in total. The Hall–Kier alpha value is -3.17. The first kappa shape index (κ1) is 22.6. The topological polar surface area (TPSA) is 102 Å². The number of rotatable bonds is 6. The van der Waals surface area contributed by atoms with Gasteiger partial charge in [-0.3, -0.25) is 19.3 Å². The molecule has 34 heavy (non-hydrogen) atoms. The number of carbonyl (C=O) groups is 1. The van der Waals surface area contributed by atoms with Gasteiger partial charge in [0.1, 0.15) is 5.76 Å². The van der Waals surface area contributed by atoms with Crippen molar-refractivity contribution in [3.05, 3.63) is 84.4 Å². The number of nitrogens with zero attached hydrogens (tertiary/aromatic N) is 2. The second kappa shape index (κ2) is 9.23. The van der Waals surface area contributed by atoms with Crippen LogP contribution in [0.25, 0.3) is 0 Å². The number of hydrogen-bond donors (Lipinski definition) is 1. The molecule has 0 spiro atoms. The number of pyridine rings is 1. The number of piperidine rings is 1. The average molecular weight is 483 g/mol. The maximum Gasteiger partial charge on any atom is 0.306 e. The van der Waals surface area contributed by atoms with Gasteiger partial charge < -0.3 is 18.8 Å². The lowest BCUT2D eigenvalue weighted by Crippen LogP contribution is -2.46. The number of carbonyl (C=O) groups excluding carboxylic acids is 1. The monoisotopic (exact) mass is 482 g/mol. The summed E-state index contributed by atoms with van der Waals surface area (Å²) in [6.07, 6.45) is 0.987. The zero-order valence-corrected chi connectivity index (χ0v) is 19.6. The Bertz CT molecular complexity index is 1310. The van der Waals surface area contributed by atoms with Crippen LogP contribution in [0.2, 0.25) is 0 Å². The van der Waals surface area contributed by atoms with Crippen LogP contribution >= 0.6 is 11.3 Å². The molecule has 178 valence electrons. The molecule has 5 heterocycles. The van der Waals surface area contributed by atoms with Gasteiger partial charge in [0.15, 0.2) is 5.76 Å². The van der Waals surface area contributed by atoms with Crippen LogP contribution in [-0.2, 0) is 22.6 Å². The fraction of sp³-hybridized carbons (Fsp3) is 0.400. The fourth-order valence-corrected chi connectivity index (χ4v) is 6.10. The van der Waals surface area contributed by atoms with Crippen molar-refractivity contribution in [1.82, 2.24) is 9.47 Å². The molecule has 3 aromatic heterocycles. The van der Waals surface area contributed by atoms with Gasteiger partial charge in [-0.1, -0.05) is 12.1 Å². The van der Waals surface area contributed by atoms with Crippen LogP contribution in [0, 0.1) is 5.92 Å². The lowest BCUT2D eigenvalue weighted by Gasteiger charge is -2.42. The molecule has 0 unspecified atom stereocenters. The number of methoxy groups -OCH3 is 1. The first-order chi connectivity index (χ1) is 16.4. The Morgan fingerprint density at radius 2 is 2.09 bits per heavy atom.